The number of carbonyl (C=O) groups excluding carboxylic acids is 1. The van der Waals surface area contributed by atoms with Crippen LogP contribution in [0.15, 0.2) is 54.7 Å². The Labute approximate surface area is 195 Å². The Hall–Kier alpha value is -2.79. The smallest absolute Gasteiger partial charge is 0.251 e. The van der Waals surface area contributed by atoms with E-state index in [-0.39, 0.29) is 11.7 Å². The first-order valence-electron chi connectivity index (χ1n) is 10.3. The molecular formula is C24H22ClFN4OS. The molecule has 1 saturated heterocycles. The van der Waals surface area contributed by atoms with Crippen LogP contribution in [0.25, 0.3) is 0 Å². The average molecular weight is 469 g/mol. The molecule has 8 heteroatoms. The SMILES string of the molecule is N#CC1(c2ncc(CNC(=O)c3ccc(Cl)cc3)s2)CCN(Cc2ccc(F)cc2)CC1. The third-order valence-electron chi connectivity index (χ3n) is 5.74. The minimum atomic E-state index is -0.609. The zero-order valence-electron chi connectivity index (χ0n) is 17.4. The summed E-state index contributed by atoms with van der Waals surface area (Å²) in [6.45, 7) is 2.64. The number of piperidine rings is 1. The van der Waals surface area contributed by atoms with Gasteiger partial charge in [-0.15, -0.1) is 11.3 Å². The number of nitriles is 1. The van der Waals surface area contributed by atoms with Gasteiger partial charge in [-0.3, -0.25) is 9.69 Å². The van der Waals surface area contributed by atoms with Crippen LogP contribution >= 0.6 is 22.9 Å². The Kier molecular flexibility index (Phi) is 6.85. The van der Waals surface area contributed by atoms with Crippen molar-refractivity contribution in [1.29, 1.82) is 5.26 Å². The van der Waals surface area contributed by atoms with Gasteiger partial charge in [0.1, 0.15) is 16.2 Å². The summed E-state index contributed by atoms with van der Waals surface area (Å²) in [6.07, 6.45) is 3.12. The number of thiazole rings is 1. The summed E-state index contributed by atoms with van der Waals surface area (Å²) < 4.78 is 13.1. The van der Waals surface area contributed by atoms with Gasteiger partial charge in [0, 0.05) is 41.3 Å². The summed E-state index contributed by atoms with van der Waals surface area (Å²) in [6, 6.07) is 15.8. The van der Waals surface area contributed by atoms with Gasteiger partial charge in [0.05, 0.1) is 12.6 Å². The maximum absolute atomic E-state index is 13.1. The number of rotatable bonds is 6. The van der Waals surface area contributed by atoms with Crippen LogP contribution in [0.3, 0.4) is 0 Å². The minimum Gasteiger partial charge on any atom is -0.347 e. The number of hydrogen-bond acceptors (Lipinski definition) is 5. The van der Waals surface area contributed by atoms with Gasteiger partial charge in [-0.25, -0.2) is 9.37 Å². The maximum Gasteiger partial charge on any atom is 0.251 e. The fourth-order valence-corrected chi connectivity index (χ4v) is 4.97. The van der Waals surface area contributed by atoms with E-state index < -0.39 is 5.41 Å². The van der Waals surface area contributed by atoms with Gasteiger partial charge in [-0.05, 0) is 54.8 Å². The monoisotopic (exact) mass is 468 g/mol. The molecule has 1 aliphatic heterocycles. The van der Waals surface area contributed by atoms with Crippen molar-refractivity contribution in [3.63, 3.8) is 0 Å². The first kappa shape index (κ1) is 22.4. The second kappa shape index (κ2) is 9.78. The van der Waals surface area contributed by atoms with Gasteiger partial charge in [0.15, 0.2) is 0 Å². The van der Waals surface area contributed by atoms with E-state index in [1.165, 1.54) is 23.5 Å². The molecule has 0 saturated carbocycles. The molecule has 32 heavy (non-hydrogen) atoms. The molecule has 2 aromatic carbocycles. The van der Waals surface area contributed by atoms with Crippen LogP contribution < -0.4 is 5.32 Å². The molecule has 4 rings (SSSR count). The second-order valence-corrected chi connectivity index (χ2v) is 9.47. The van der Waals surface area contributed by atoms with Gasteiger partial charge in [-0.2, -0.15) is 5.26 Å². The summed E-state index contributed by atoms with van der Waals surface area (Å²) in [7, 11) is 0. The van der Waals surface area contributed by atoms with Crippen LogP contribution in [0.2, 0.25) is 5.02 Å². The van der Waals surface area contributed by atoms with Crippen LogP contribution in [-0.4, -0.2) is 28.9 Å². The van der Waals surface area contributed by atoms with E-state index in [2.05, 4.69) is 21.3 Å². The van der Waals surface area contributed by atoms with Crippen LogP contribution in [0.5, 0.6) is 0 Å². The Balaban J connectivity index is 1.35. The van der Waals surface area contributed by atoms with Crippen molar-refractivity contribution in [1.82, 2.24) is 15.2 Å². The highest BCUT2D eigenvalue weighted by molar-refractivity contribution is 7.11. The molecule has 0 aliphatic carbocycles. The summed E-state index contributed by atoms with van der Waals surface area (Å²) in [4.78, 5) is 20.0. The standard InChI is InChI=1S/C24H22ClFN4OS/c25-19-5-3-18(4-6-19)22(31)28-13-21-14-29-23(32-21)24(16-27)9-11-30(12-10-24)15-17-1-7-20(26)8-2-17/h1-8,14H,9-13,15H2,(H,28,31). The molecule has 0 unspecified atom stereocenters. The number of carbonyl (C=O) groups is 1. The number of benzene rings is 2. The normalized spacial score (nSPS) is 15.8. The molecule has 0 atom stereocenters. The van der Waals surface area contributed by atoms with Crippen molar-refractivity contribution < 1.29 is 9.18 Å². The lowest BCUT2D eigenvalue weighted by Crippen LogP contribution is -2.41. The first-order valence-corrected chi connectivity index (χ1v) is 11.5. The highest BCUT2D eigenvalue weighted by Crippen LogP contribution is 2.37. The molecule has 1 amide bonds. The molecule has 2 heterocycles. The van der Waals surface area contributed by atoms with Gasteiger partial charge >= 0.3 is 0 Å². The topological polar surface area (TPSA) is 69.0 Å². The largest absolute Gasteiger partial charge is 0.347 e. The van der Waals surface area contributed by atoms with E-state index in [0.29, 0.717) is 30.0 Å². The first-order chi connectivity index (χ1) is 15.5. The molecule has 0 bridgehead atoms. The van der Waals surface area contributed by atoms with Crippen molar-refractivity contribution >= 4 is 28.8 Å². The van der Waals surface area contributed by atoms with Crippen molar-refractivity contribution in [2.45, 2.75) is 31.3 Å². The highest BCUT2D eigenvalue weighted by atomic mass is 35.5. The van der Waals surface area contributed by atoms with Crippen LogP contribution in [0.1, 0.15) is 38.6 Å². The van der Waals surface area contributed by atoms with E-state index in [4.69, 9.17) is 11.6 Å². The molecular weight excluding hydrogens is 447 g/mol. The van der Waals surface area contributed by atoms with E-state index in [9.17, 15) is 14.4 Å². The van der Waals surface area contributed by atoms with Crippen molar-refractivity contribution in [2.75, 3.05) is 13.1 Å². The summed E-state index contributed by atoms with van der Waals surface area (Å²) >= 11 is 7.35. The number of hydrogen-bond donors (Lipinski definition) is 1. The Morgan fingerprint density at radius 2 is 1.88 bits per heavy atom. The maximum atomic E-state index is 13.1. The molecule has 1 aliphatic rings. The lowest BCUT2D eigenvalue weighted by Gasteiger charge is -2.36. The average Bonchev–Trinajstić information content (AvgIpc) is 3.30. The van der Waals surface area contributed by atoms with Crippen molar-refractivity contribution in [3.8, 4) is 6.07 Å². The van der Waals surface area contributed by atoms with Crippen LogP contribution in [-0.2, 0) is 18.5 Å². The third-order valence-corrected chi connectivity index (χ3v) is 7.19. The summed E-state index contributed by atoms with van der Waals surface area (Å²) in [5.41, 5.74) is 0.993. The Morgan fingerprint density at radius 1 is 1.19 bits per heavy atom. The van der Waals surface area contributed by atoms with Gasteiger partial charge in [-0.1, -0.05) is 23.7 Å². The number of nitrogens with one attached hydrogen (secondary N) is 1. The molecule has 1 fully saturated rings. The van der Waals surface area contributed by atoms with E-state index in [1.807, 2.05) is 0 Å². The third kappa shape index (κ3) is 5.16. The molecule has 1 aromatic heterocycles. The molecule has 164 valence electrons. The van der Waals surface area contributed by atoms with E-state index in [0.717, 1.165) is 35.1 Å². The van der Waals surface area contributed by atoms with Crippen molar-refractivity contribution in [2.24, 2.45) is 0 Å². The lowest BCUT2D eigenvalue weighted by atomic mass is 9.80. The summed E-state index contributed by atoms with van der Waals surface area (Å²) in [5.74, 6) is -0.416. The zero-order chi connectivity index (χ0) is 22.6. The number of aromatic nitrogens is 1. The van der Waals surface area contributed by atoms with E-state index in [1.54, 1.807) is 42.6 Å². The molecule has 3 aromatic rings. The second-order valence-electron chi connectivity index (χ2n) is 7.92. The summed E-state index contributed by atoms with van der Waals surface area (Å²) in [5, 5.41) is 14.3. The molecule has 1 N–H and O–H groups in total. The number of amides is 1. The predicted octanol–water partition coefficient (Wildman–Crippen LogP) is 4.92. The van der Waals surface area contributed by atoms with Gasteiger partial charge in [0.25, 0.3) is 5.91 Å². The number of nitrogens with zero attached hydrogens (tertiary/aromatic N) is 3. The minimum absolute atomic E-state index is 0.180. The fourth-order valence-electron chi connectivity index (χ4n) is 3.80. The Bertz CT molecular complexity index is 1120. The van der Waals surface area contributed by atoms with Gasteiger partial charge < -0.3 is 5.32 Å². The highest BCUT2D eigenvalue weighted by Gasteiger charge is 2.39. The predicted molar refractivity (Wildman–Crippen MR) is 123 cm³/mol. The number of likely N-dealkylation sites (tertiary alicyclic amines) is 1. The van der Waals surface area contributed by atoms with Crippen LogP contribution in [0, 0.1) is 17.1 Å². The Morgan fingerprint density at radius 3 is 2.53 bits per heavy atom. The lowest BCUT2D eigenvalue weighted by molar-refractivity contribution is 0.0951. The molecule has 5 nitrogen and oxygen atoms in total. The van der Waals surface area contributed by atoms with Crippen molar-refractivity contribution in [3.05, 3.63) is 86.6 Å². The quantitative estimate of drug-likeness (QED) is 0.557. The fraction of sp³-hybridized carbons (Fsp3) is 0.292. The molecule has 0 spiro atoms. The van der Waals surface area contributed by atoms with E-state index >= 15 is 0 Å². The zero-order valence-corrected chi connectivity index (χ0v) is 18.9. The number of halogens is 2. The van der Waals surface area contributed by atoms with Crippen LogP contribution in [0.4, 0.5) is 4.39 Å². The molecule has 0 radical (unpaired) electrons. The van der Waals surface area contributed by atoms with Gasteiger partial charge in [0.2, 0.25) is 0 Å².